The van der Waals surface area contributed by atoms with Gasteiger partial charge in [0.25, 0.3) is 5.91 Å². The third-order valence-electron chi connectivity index (χ3n) is 4.81. The lowest BCUT2D eigenvalue weighted by Gasteiger charge is -2.48. The number of amides is 1. The number of nitrogens with zero attached hydrogens (tertiary/aromatic N) is 2. The third-order valence-corrected chi connectivity index (χ3v) is 4.81. The van der Waals surface area contributed by atoms with Crippen LogP contribution in [0.3, 0.4) is 0 Å². The van der Waals surface area contributed by atoms with Gasteiger partial charge in [-0.05, 0) is 44.7 Å². The Labute approximate surface area is 116 Å². The van der Waals surface area contributed by atoms with Gasteiger partial charge in [0.05, 0.1) is 6.04 Å². The molecule has 5 nitrogen and oxygen atoms in total. The fraction of sp³-hybridized carbons (Fsp3) is 0.929. The van der Waals surface area contributed by atoms with Crippen LogP contribution >= 0.6 is 0 Å². The topological polar surface area (TPSA) is 61.6 Å². The molecule has 0 spiro atoms. The van der Waals surface area contributed by atoms with Crippen molar-refractivity contribution in [2.45, 2.75) is 45.2 Å². The maximum Gasteiger partial charge on any atom is 0.251 e. The fourth-order valence-corrected chi connectivity index (χ4v) is 3.91. The average molecular weight is 268 g/mol. The Morgan fingerprint density at radius 3 is 2.68 bits per heavy atom. The highest BCUT2D eigenvalue weighted by Gasteiger charge is 2.38. The number of hydrogen-bond acceptors (Lipinski definition) is 4. The molecular formula is C14H28N4O. The molecule has 0 saturated carbocycles. The van der Waals surface area contributed by atoms with E-state index in [0.29, 0.717) is 17.9 Å². The molecule has 3 unspecified atom stereocenters. The predicted molar refractivity (Wildman–Crippen MR) is 76.3 cm³/mol. The van der Waals surface area contributed by atoms with E-state index in [1.54, 1.807) is 0 Å². The lowest BCUT2D eigenvalue weighted by atomic mass is 9.83. The second-order valence-electron chi connectivity index (χ2n) is 6.43. The Bertz CT molecular complexity index is 321. The molecule has 0 aromatic rings. The van der Waals surface area contributed by atoms with Gasteiger partial charge in [0.15, 0.2) is 0 Å². The number of carbonyl (C=O) groups excluding carboxylic acids is 1. The Morgan fingerprint density at radius 2 is 2.05 bits per heavy atom. The second kappa shape index (κ2) is 6.20. The molecule has 2 aliphatic rings. The summed E-state index contributed by atoms with van der Waals surface area (Å²) in [6.45, 7) is 7.45. The lowest BCUT2D eigenvalue weighted by molar-refractivity contribution is -0.129. The van der Waals surface area contributed by atoms with Crippen LogP contribution in [0.2, 0.25) is 0 Å². The van der Waals surface area contributed by atoms with Gasteiger partial charge in [0, 0.05) is 19.1 Å². The Balaban J connectivity index is 2.04. The zero-order valence-corrected chi connectivity index (χ0v) is 12.4. The van der Waals surface area contributed by atoms with Crippen LogP contribution in [0.25, 0.3) is 0 Å². The van der Waals surface area contributed by atoms with E-state index in [1.165, 1.54) is 25.8 Å². The largest absolute Gasteiger partial charge is 0.303 e. The first-order chi connectivity index (χ1) is 9.04. The van der Waals surface area contributed by atoms with Gasteiger partial charge in [-0.15, -0.1) is 0 Å². The molecule has 110 valence electrons. The van der Waals surface area contributed by atoms with E-state index in [4.69, 9.17) is 5.84 Å². The van der Waals surface area contributed by atoms with E-state index in [0.717, 1.165) is 13.1 Å². The van der Waals surface area contributed by atoms with Crippen molar-refractivity contribution >= 4 is 5.91 Å². The fourth-order valence-electron chi connectivity index (χ4n) is 3.91. The first-order valence-electron chi connectivity index (χ1n) is 7.49. The summed E-state index contributed by atoms with van der Waals surface area (Å²) in [5.74, 6) is 6.29. The molecule has 1 amide bonds. The van der Waals surface area contributed by atoms with Gasteiger partial charge in [-0.1, -0.05) is 13.8 Å². The SMILES string of the molecule is CC(C)C(C(=O)NN)N1CCC2C(CCCN2C)C1. The van der Waals surface area contributed by atoms with Gasteiger partial charge < -0.3 is 4.90 Å². The quantitative estimate of drug-likeness (QED) is 0.442. The summed E-state index contributed by atoms with van der Waals surface area (Å²) in [6, 6.07) is 0.622. The van der Waals surface area contributed by atoms with Crippen LogP contribution in [-0.2, 0) is 4.79 Å². The second-order valence-corrected chi connectivity index (χ2v) is 6.43. The van der Waals surface area contributed by atoms with Gasteiger partial charge in [-0.2, -0.15) is 0 Å². The van der Waals surface area contributed by atoms with Gasteiger partial charge in [0.2, 0.25) is 0 Å². The van der Waals surface area contributed by atoms with E-state index < -0.39 is 0 Å². The standard InChI is InChI=1S/C14H28N4O/c1-10(2)13(14(19)16-15)18-8-6-12-11(9-18)5-4-7-17(12)3/h10-13H,4-9,15H2,1-3H3,(H,16,19). The lowest BCUT2D eigenvalue weighted by Crippen LogP contribution is -2.59. The number of fused-ring (bicyclic) bond motifs is 1. The van der Waals surface area contributed by atoms with Crippen LogP contribution in [0.15, 0.2) is 0 Å². The number of hydrazine groups is 1. The highest BCUT2D eigenvalue weighted by atomic mass is 16.2. The molecule has 3 atom stereocenters. The first kappa shape index (κ1) is 14.8. The summed E-state index contributed by atoms with van der Waals surface area (Å²) < 4.78 is 0. The summed E-state index contributed by atoms with van der Waals surface area (Å²) >= 11 is 0. The van der Waals surface area contributed by atoms with Crippen LogP contribution in [0.4, 0.5) is 0 Å². The molecular weight excluding hydrogens is 240 g/mol. The summed E-state index contributed by atoms with van der Waals surface area (Å²) in [7, 11) is 2.24. The Hall–Kier alpha value is -0.650. The van der Waals surface area contributed by atoms with Crippen molar-refractivity contribution < 1.29 is 4.79 Å². The van der Waals surface area contributed by atoms with Crippen LogP contribution in [-0.4, -0.2) is 54.5 Å². The number of nitrogens with two attached hydrogens (primary N) is 1. The van der Waals surface area contributed by atoms with Crippen LogP contribution in [0.5, 0.6) is 0 Å². The van der Waals surface area contributed by atoms with Crippen molar-refractivity contribution in [2.24, 2.45) is 17.7 Å². The molecule has 2 heterocycles. The van der Waals surface area contributed by atoms with E-state index >= 15 is 0 Å². The van der Waals surface area contributed by atoms with E-state index in [9.17, 15) is 4.79 Å². The molecule has 2 saturated heterocycles. The number of rotatable bonds is 3. The number of hydrogen-bond donors (Lipinski definition) is 2. The molecule has 2 aliphatic heterocycles. The minimum absolute atomic E-state index is 0.0439. The predicted octanol–water partition coefficient (Wildman–Crippen LogP) is 0.417. The van der Waals surface area contributed by atoms with Gasteiger partial charge >= 0.3 is 0 Å². The minimum Gasteiger partial charge on any atom is -0.303 e. The summed E-state index contributed by atoms with van der Waals surface area (Å²) in [5.41, 5.74) is 2.33. The number of carbonyl (C=O) groups is 1. The van der Waals surface area contributed by atoms with Crippen molar-refractivity contribution in [3.05, 3.63) is 0 Å². The summed E-state index contributed by atoms with van der Waals surface area (Å²) in [6.07, 6.45) is 3.74. The highest BCUT2D eigenvalue weighted by Crippen LogP contribution is 2.31. The normalized spacial score (nSPS) is 31.0. The average Bonchev–Trinajstić information content (AvgIpc) is 2.38. The number of piperidine rings is 2. The molecule has 0 aromatic carbocycles. The molecule has 0 bridgehead atoms. The number of nitrogens with one attached hydrogen (secondary N) is 1. The van der Waals surface area contributed by atoms with Gasteiger partial charge in [-0.3, -0.25) is 15.1 Å². The van der Waals surface area contributed by atoms with Crippen molar-refractivity contribution in [3.8, 4) is 0 Å². The Morgan fingerprint density at radius 1 is 1.32 bits per heavy atom. The smallest absolute Gasteiger partial charge is 0.251 e. The number of likely N-dealkylation sites (tertiary alicyclic amines) is 2. The molecule has 2 rings (SSSR count). The molecule has 3 N–H and O–H groups in total. The first-order valence-corrected chi connectivity index (χ1v) is 7.49. The summed E-state index contributed by atoms with van der Waals surface area (Å²) in [4.78, 5) is 16.8. The van der Waals surface area contributed by atoms with Crippen LogP contribution < -0.4 is 11.3 Å². The minimum atomic E-state index is -0.0850. The molecule has 0 aliphatic carbocycles. The highest BCUT2D eigenvalue weighted by molar-refractivity contribution is 5.81. The molecule has 0 aromatic heterocycles. The van der Waals surface area contributed by atoms with Crippen molar-refractivity contribution in [2.75, 3.05) is 26.7 Å². The van der Waals surface area contributed by atoms with Gasteiger partial charge in [-0.25, -0.2) is 5.84 Å². The third kappa shape index (κ3) is 3.09. The molecule has 2 fully saturated rings. The van der Waals surface area contributed by atoms with Crippen LogP contribution in [0, 0.1) is 11.8 Å². The zero-order valence-electron chi connectivity index (χ0n) is 12.4. The maximum absolute atomic E-state index is 12.0. The van der Waals surface area contributed by atoms with Crippen molar-refractivity contribution in [1.29, 1.82) is 0 Å². The summed E-state index contributed by atoms with van der Waals surface area (Å²) in [5, 5.41) is 0. The van der Waals surface area contributed by atoms with Gasteiger partial charge in [0.1, 0.15) is 0 Å². The zero-order chi connectivity index (χ0) is 14.0. The Kier molecular flexibility index (Phi) is 4.81. The molecule has 19 heavy (non-hydrogen) atoms. The van der Waals surface area contributed by atoms with Crippen LogP contribution in [0.1, 0.15) is 33.1 Å². The maximum atomic E-state index is 12.0. The molecule has 0 radical (unpaired) electrons. The van der Waals surface area contributed by atoms with Crippen molar-refractivity contribution in [3.63, 3.8) is 0 Å². The van der Waals surface area contributed by atoms with E-state index in [-0.39, 0.29) is 11.9 Å². The van der Waals surface area contributed by atoms with E-state index in [1.807, 2.05) is 0 Å². The monoisotopic (exact) mass is 268 g/mol. The van der Waals surface area contributed by atoms with Crippen molar-refractivity contribution in [1.82, 2.24) is 15.2 Å². The molecule has 5 heteroatoms. The van der Waals surface area contributed by atoms with E-state index in [2.05, 4.69) is 36.1 Å².